The zero-order valence-electron chi connectivity index (χ0n) is 13.2. The average Bonchev–Trinajstić information content (AvgIpc) is 3.14. The van der Waals surface area contributed by atoms with Crippen molar-refractivity contribution in [2.45, 2.75) is 32.2 Å². The highest BCUT2D eigenvalue weighted by molar-refractivity contribution is 6.22. The van der Waals surface area contributed by atoms with Crippen molar-refractivity contribution < 1.29 is 14.4 Å². The van der Waals surface area contributed by atoms with E-state index in [-0.39, 0.29) is 23.8 Å². The first kappa shape index (κ1) is 15.7. The van der Waals surface area contributed by atoms with Gasteiger partial charge in [0.1, 0.15) is 0 Å². The molecule has 2 heterocycles. The number of nitrogens with zero attached hydrogens (tertiary/aromatic N) is 1. The van der Waals surface area contributed by atoms with E-state index in [1.165, 1.54) is 4.90 Å². The molecule has 2 N–H and O–H groups in total. The molecule has 1 saturated heterocycles. The van der Waals surface area contributed by atoms with Crippen molar-refractivity contribution >= 4 is 17.7 Å². The van der Waals surface area contributed by atoms with Gasteiger partial charge in [0.05, 0.1) is 11.1 Å². The molecule has 1 atom stereocenters. The SMILES string of the molecule is CCCCN1C(=O)c2ccc(C(=O)NC3CCNC3)cc2C1=O. The molecule has 0 saturated carbocycles. The molecule has 1 unspecified atom stereocenters. The molecular weight excluding hydrogens is 294 g/mol. The minimum Gasteiger partial charge on any atom is -0.348 e. The van der Waals surface area contributed by atoms with E-state index in [1.54, 1.807) is 18.2 Å². The Bertz CT molecular complexity index is 650. The molecule has 122 valence electrons. The van der Waals surface area contributed by atoms with Gasteiger partial charge in [-0.15, -0.1) is 0 Å². The minimum atomic E-state index is -0.296. The number of nitrogens with one attached hydrogen (secondary N) is 2. The largest absolute Gasteiger partial charge is 0.348 e. The van der Waals surface area contributed by atoms with Crippen LogP contribution in [0.15, 0.2) is 18.2 Å². The predicted octanol–water partition coefficient (Wildman–Crippen LogP) is 1.17. The lowest BCUT2D eigenvalue weighted by atomic mass is 10.0. The molecule has 23 heavy (non-hydrogen) atoms. The van der Waals surface area contributed by atoms with Crippen molar-refractivity contribution in [3.63, 3.8) is 0 Å². The third-order valence-electron chi connectivity index (χ3n) is 4.36. The van der Waals surface area contributed by atoms with E-state index in [4.69, 9.17) is 0 Å². The van der Waals surface area contributed by atoms with Crippen LogP contribution in [0, 0.1) is 0 Å². The third-order valence-corrected chi connectivity index (χ3v) is 4.36. The summed E-state index contributed by atoms with van der Waals surface area (Å²) in [6.07, 6.45) is 2.60. The van der Waals surface area contributed by atoms with Gasteiger partial charge in [0.2, 0.25) is 0 Å². The van der Waals surface area contributed by atoms with Gasteiger partial charge in [-0.2, -0.15) is 0 Å². The summed E-state index contributed by atoms with van der Waals surface area (Å²) >= 11 is 0. The second kappa shape index (κ2) is 6.50. The molecular formula is C17H21N3O3. The predicted molar refractivity (Wildman–Crippen MR) is 85.5 cm³/mol. The number of carbonyl (C=O) groups excluding carboxylic acids is 3. The lowest BCUT2D eigenvalue weighted by Gasteiger charge is -2.12. The quantitative estimate of drug-likeness (QED) is 0.800. The summed E-state index contributed by atoms with van der Waals surface area (Å²) in [5, 5.41) is 6.14. The molecule has 6 nitrogen and oxygen atoms in total. The number of benzene rings is 1. The summed E-state index contributed by atoms with van der Waals surface area (Å²) in [4.78, 5) is 38.2. The van der Waals surface area contributed by atoms with Crippen LogP contribution in [0.2, 0.25) is 0 Å². The van der Waals surface area contributed by atoms with E-state index in [1.807, 2.05) is 6.92 Å². The third kappa shape index (κ3) is 2.99. The molecule has 2 aliphatic heterocycles. The number of hydrogen-bond acceptors (Lipinski definition) is 4. The molecule has 0 aromatic heterocycles. The molecule has 0 aliphatic carbocycles. The number of hydrogen-bond donors (Lipinski definition) is 2. The lowest BCUT2D eigenvalue weighted by molar-refractivity contribution is 0.0652. The fourth-order valence-electron chi connectivity index (χ4n) is 3.00. The molecule has 3 rings (SSSR count). The van der Waals surface area contributed by atoms with Gasteiger partial charge in [0.25, 0.3) is 17.7 Å². The summed E-state index contributed by atoms with van der Waals surface area (Å²) in [6.45, 7) is 4.10. The molecule has 1 fully saturated rings. The Balaban J connectivity index is 1.78. The number of rotatable bonds is 5. The first-order valence-corrected chi connectivity index (χ1v) is 8.13. The monoisotopic (exact) mass is 315 g/mol. The Labute approximate surface area is 135 Å². The van der Waals surface area contributed by atoms with Gasteiger partial charge in [0, 0.05) is 24.7 Å². The van der Waals surface area contributed by atoms with E-state index in [2.05, 4.69) is 10.6 Å². The van der Waals surface area contributed by atoms with E-state index in [0.717, 1.165) is 32.4 Å². The lowest BCUT2D eigenvalue weighted by Crippen LogP contribution is -2.36. The van der Waals surface area contributed by atoms with Crippen molar-refractivity contribution in [2.75, 3.05) is 19.6 Å². The summed E-state index contributed by atoms with van der Waals surface area (Å²) in [6, 6.07) is 4.86. The van der Waals surface area contributed by atoms with Crippen LogP contribution >= 0.6 is 0 Å². The zero-order chi connectivity index (χ0) is 16.4. The van der Waals surface area contributed by atoms with Crippen LogP contribution in [0.3, 0.4) is 0 Å². The van der Waals surface area contributed by atoms with Crippen molar-refractivity contribution in [2.24, 2.45) is 0 Å². The van der Waals surface area contributed by atoms with E-state index in [9.17, 15) is 14.4 Å². The summed E-state index contributed by atoms with van der Waals surface area (Å²) in [5.74, 6) is -0.755. The first-order valence-electron chi connectivity index (χ1n) is 8.13. The Morgan fingerprint density at radius 1 is 1.30 bits per heavy atom. The van der Waals surface area contributed by atoms with E-state index < -0.39 is 0 Å². The van der Waals surface area contributed by atoms with Crippen molar-refractivity contribution in [1.29, 1.82) is 0 Å². The van der Waals surface area contributed by atoms with Crippen LogP contribution in [-0.2, 0) is 0 Å². The molecule has 2 aliphatic rings. The van der Waals surface area contributed by atoms with Crippen LogP contribution in [0.1, 0.15) is 57.3 Å². The summed E-state index contributed by atoms with van der Waals surface area (Å²) in [7, 11) is 0. The maximum absolute atomic E-state index is 12.4. The minimum absolute atomic E-state index is 0.120. The second-order valence-corrected chi connectivity index (χ2v) is 6.04. The van der Waals surface area contributed by atoms with Crippen molar-refractivity contribution in [3.8, 4) is 0 Å². The van der Waals surface area contributed by atoms with Crippen molar-refractivity contribution in [1.82, 2.24) is 15.5 Å². The molecule has 3 amide bonds. The van der Waals surface area contributed by atoms with Gasteiger partial charge >= 0.3 is 0 Å². The number of amides is 3. The van der Waals surface area contributed by atoms with E-state index >= 15 is 0 Å². The Hall–Kier alpha value is -2.21. The Morgan fingerprint density at radius 3 is 2.78 bits per heavy atom. The fourth-order valence-corrected chi connectivity index (χ4v) is 3.00. The Morgan fingerprint density at radius 2 is 2.09 bits per heavy atom. The van der Waals surface area contributed by atoms with Crippen LogP contribution in [-0.4, -0.2) is 48.3 Å². The topological polar surface area (TPSA) is 78.5 Å². The van der Waals surface area contributed by atoms with Gasteiger partial charge in [0.15, 0.2) is 0 Å². The highest BCUT2D eigenvalue weighted by Gasteiger charge is 2.35. The number of unbranched alkanes of at least 4 members (excludes halogenated alkanes) is 1. The van der Waals surface area contributed by atoms with Crippen molar-refractivity contribution in [3.05, 3.63) is 34.9 Å². The molecule has 1 aromatic rings. The number of imide groups is 1. The molecule has 0 radical (unpaired) electrons. The maximum atomic E-state index is 12.4. The fraction of sp³-hybridized carbons (Fsp3) is 0.471. The Kier molecular flexibility index (Phi) is 4.43. The average molecular weight is 315 g/mol. The molecule has 0 bridgehead atoms. The van der Waals surface area contributed by atoms with Crippen LogP contribution in [0.4, 0.5) is 0 Å². The van der Waals surface area contributed by atoms with Gasteiger partial charge in [-0.25, -0.2) is 0 Å². The standard InChI is InChI=1S/C17H21N3O3/c1-2-3-8-20-16(22)13-5-4-11(9-14(13)17(20)23)15(21)19-12-6-7-18-10-12/h4-5,9,12,18H,2-3,6-8,10H2,1H3,(H,19,21). The normalized spacial score (nSPS) is 20.0. The van der Waals surface area contributed by atoms with Gasteiger partial charge in [-0.05, 0) is 37.6 Å². The summed E-state index contributed by atoms with van der Waals surface area (Å²) < 4.78 is 0. The summed E-state index contributed by atoms with van der Waals surface area (Å²) in [5.41, 5.74) is 1.16. The highest BCUT2D eigenvalue weighted by Crippen LogP contribution is 2.24. The zero-order valence-corrected chi connectivity index (χ0v) is 13.2. The number of carbonyl (C=O) groups is 3. The molecule has 1 aromatic carbocycles. The molecule has 6 heteroatoms. The number of fused-ring (bicyclic) bond motifs is 1. The van der Waals surface area contributed by atoms with Gasteiger partial charge in [-0.3, -0.25) is 19.3 Å². The maximum Gasteiger partial charge on any atom is 0.261 e. The van der Waals surface area contributed by atoms with Crippen LogP contribution in [0.5, 0.6) is 0 Å². The highest BCUT2D eigenvalue weighted by atomic mass is 16.2. The molecule has 0 spiro atoms. The second-order valence-electron chi connectivity index (χ2n) is 6.04. The van der Waals surface area contributed by atoms with Gasteiger partial charge in [-0.1, -0.05) is 13.3 Å². The van der Waals surface area contributed by atoms with Gasteiger partial charge < -0.3 is 10.6 Å². The van der Waals surface area contributed by atoms with Crippen LogP contribution < -0.4 is 10.6 Å². The van der Waals surface area contributed by atoms with E-state index in [0.29, 0.717) is 23.2 Å². The smallest absolute Gasteiger partial charge is 0.261 e. The van der Waals surface area contributed by atoms with Crippen LogP contribution in [0.25, 0.3) is 0 Å². The first-order chi connectivity index (χ1) is 11.1.